The molecule has 0 amide bonds. The number of methoxy groups -OCH3 is 1. The third-order valence-electron chi connectivity index (χ3n) is 2.79. The van der Waals surface area contributed by atoms with Gasteiger partial charge in [-0.1, -0.05) is 6.92 Å². The van der Waals surface area contributed by atoms with Crippen LogP contribution >= 0.6 is 0 Å². The van der Waals surface area contributed by atoms with Crippen molar-refractivity contribution < 1.29 is 19.4 Å². The van der Waals surface area contributed by atoms with Gasteiger partial charge in [0.25, 0.3) is 0 Å². The Hall–Kier alpha value is -2.11. The van der Waals surface area contributed by atoms with E-state index in [4.69, 9.17) is 0 Å². The number of esters is 1. The van der Waals surface area contributed by atoms with E-state index in [-0.39, 0.29) is 11.4 Å². The van der Waals surface area contributed by atoms with Crippen molar-refractivity contribution >= 4 is 17.8 Å². The molecule has 6 nitrogen and oxygen atoms in total. The fourth-order valence-electron chi connectivity index (χ4n) is 1.33. The highest BCUT2D eigenvalue weighted by Gasteiger charge is 2.32. The highest BCUT2D eigenvalue weighted by atomic mass is 16.5. The van der Waals surface area contributed by atoms with Crippen molar-refractivity contribution in [3.63, 3.8) is 0 Å². The fraction of sp³-hybridized carbons (Fsp3) is 0.417. The first kappa shape index (κ1) is 14.0. The molecule has 1 atom stereocenters. The molecular formula is C12H16N2O4. The van der Waals surface area contributed by atoms with E-state index in [1.165, 1.54) is 26.3 Å². The number of rotatable bonds is 5. The van der Waals surface area contributed by atoms with E-state index in [1.54, 1.807) is 13.0 Å². The number of carbonyl (C=O) groups excluding carboxylic acids is 1. The Balaban J connectivity index is 3.11. The molecule has 0 saturated heterocycles. The van der Waals surface area contributed by atoms with Gasteiger partial charge in [0.2, 0.25) is 0 Å². The standard InChI is InChI=1S/C12H16N2O4/c1-4-12(2,11(16)17)14-9-8(10(15)18-3)6-5-7-13-9/h5-7H,4H2,1-3H3,(H,13,14)(H,16,17). The molecule has 6 heteroatoms. The maximum atomic E-state index is 11.5. The Labute approximate surface area is 105 Å². The summed E-state index contributed by atoms with van der Waals surface area (Å²) in [6, 6.07) is 3.11. The van der Waals surface area contributed by atoms with Gasteiger partial charge in [0.15, 0.2) is 0 Å². The lowest BCUT2D eigenvalue weighted by Crippen LogP contribution is -2.43. The molecule has 0 aliphatic rings. The van der Waals surface area contributed by atoms with E-state index in [0.717, 1.165) is 0 Å². The van der Waals surface area contributed by atoms with Crippen molar-refractivity contribution in [3.05, 3.63) is 23.9 Å². The number of hydrogen-bond donors (Lipinski definition) is 2. The zero-order valence-electron chi connectivity index (χ0n) is 10.6. The van der Waals surface area contributed by atoms with E-state index in [9.17, 15) is 14.7 Å². The van der Waals surface area contributed by atoms with E-state index in [2.05, 4.69) is 15.0 Å². The van der Waals surface area contributed by atoms with Crippen molar-refractivity contribution in [2.24, 2.45) is 0 Å². The van der Waals surface area contributed by atoms with Gasteiger partial charge in [-0.15, -0.1) is 0 Å². The van der Waals surface area contributed by atoms with Crippen LogP contribution in [-0.4, -0.2) is 34.7 Å². The number of anilines is 1. The second-order valence-electron chi connectivity index (χ2n) is 4.01. The van der Waals surface area contributed by atoms with E-state index in [0.29, 0.717) is 6.42 Å². The summed E-state index contributed by atoms with van der Waals surface area (Å²) >= 11 is 0. The second kappa shape index (κ2) is 5.48. The molecule has 0 saturated carbocycles. The third kappa shape index (κ3) is 2.77. The average molecular weight is 252 g/mol. The zero-order valence-corrected chi connectivity index (χ0v) is 10.6. The van der Waals surface area contributed by atoms with Gasteiger partial charge in [0.05, 0.1) is 7.11 Å². The minimum absolute atomic E-state index is 0.205. The van der Waals surface area contributed by atoms with Gasteiger partial charge < -0.3 is 15.2 Å². The lowest BCUT2D eigenvalue weighted by molar-refractivity contribution is -0.141. The van der Waals surface area contributed by atoms with Crippen molar-refractivity contribution in [2.75, 3.05) is 12.4 Å². The molecule has 1 heterocycles. The summed E-state index contributed by atoms with van der Waals surface area (Å²) in [7, 11) is 1.26. The SMILES string of the molecule is CCC(C)(Nc1ncccc1C(=O)OC)C(=O)O. The number of aromatic nitrogens is 1. The summed E-state index contributed by atoms with van der Waals surface area (Å²) in [4.78, 5) is 26.7. The van der Waals surface area contributed by atoms with Crippen LogP contribution in [0.15, 0.2) is 18.3 Å². The topological polar surface area (TPSA) is 88.5 Å². The highest BCUT2D eigenvalue weighted by Crippen LogP contribution is 2.20. The van der Waals surface area contributed by atoms with Crippen molar-refractivity contribution in [1.82, 2.24) is 4.98 Å². The van der Waals surface area contributed by atoms with Gasteiger partial charge in [-0.05, 0) is 25.5 Å². The summed E-state index contributed by atoms with van der Waals surface area (Å²) in [5.41, 5.74) is -0.974. The van der Waals surface area contributed by atoms with Crippen molar-refractivity contribution in [2.45, 2.75) is 25.8 Å². The van der Waals surface area contributed by atoms with Crippen molar-refractivity contribution in [1.29, 1.82) is 0 Å². The van der Waals surface area contributed by atoms with Gasteiger partial charge in [0, 0.05) is 6.20 Å². The molecule has 2 N–H and O–H groups in total. The number of ether oxygens (including phenoxy) is 1. The molecule has 1 unspecified atom stereocenters. The minimum Gasteiger partial charge on any atom is -0.480 e. The van der Waals surface area contributed by atoms with Crippen LogP contribution in [0.5, 0.6) is 0 Å². The summed E-state index contributed by atoms with van der Waals surface area (Å²) in [5.74, 6) is -1.36. The molecule has 1 aromatic heterocycles. The van der Waals surface area contributed by atoms with Crippen molar-refractivity contribution in [3.8, 4) is 0 Å². The molecule has 0 radical (unpaired) electrons. The Morgan fingerprint density at radius 1 is 1.56 bits per heavy atom. The first-order valence-electron chi connectivity index (χ1n) is 5.49. The first-order valence-corrected chi connectivity index (χ1v) is 5.49. The van der Waals surface area contributed by atoms with Crippen LogP contribution in [-0.2, 0) is 9.53 Å². The Morgan fingerprint density at radius 2 is 2.22 bits per heavy atom. The smallest absolute Gasteiger partial charge is 0.341 e. The number of carbonyl (C=O) groups is 2. The number of nitrogens with zero attached hydrogens (tertiary/aromatic N) is 1. The van der Waals surface area contributed by atoms with Crippen LogP contribution in [0.4, 0.5) is 5.82 Å². The van der Waals surface area contributed by atoms with Crippen LogP contribution in [0.2, 0.25) is 0 Å². The van der Waals surface area contributed by atoms with Crippen LogP contribution in [0.1, 0.15) is 30.6 Å². The maximum Gasteiger partial charge on any atom is 0.341 e. The predicted octanol–water partition coefficient (Wildman–Crippen LogP) is 1.53. The normalized spacial score (nSPS) is 13.5. The molecule has 1 aromatic rings. The zero-order chi connectivity index (χ0) is 13.8. The minimum atomic E-state index is -1.18. The Morgan fingerprint density at radius 3 is 2.72 bits per heavy atom. The molecule has 0 spiro atoms. The van der Waals surface area contributed by atoms with Gasteiger partial charge >= 0.3 is 11.9 Å². The van der Waals surface area contributed by atoms with E-state index >= 15 is 0 Å². The lowest BCUT2D eigenvalue weighted by atomic mass is 9.99. The summed E-state index contributed by atoms with van der Waals surface area (Å²) < 4.78 is 4.62. The maximum absolute atomic E-state index is 11.5. The van der Waals surface area contributed by atoms with Gasteiger partial charge in [-0.3, -0.25) is 0 Å². The van der Waals surface area contributed by atoms with Gasteiger partial charge in [-0.25, -0.2) is 14.6 Å². The molecule has 0 aliphatic carbocycles. The first-order chi connectivity index (χ1) is 8.44. The average Bonchev–Trinajstić information content (AvgIpc) is 2.38. The molecule has 0 bridgehead atoms. The predicted molar refractivity (Wildman–Crippen MR) is 65.5 cm³/mol. The third-order valence-corrected chi connectivity index (χ3v) is 2.79. The molecule has 0 aliphatic heterocycles. The molecular weight excluding hydrogens is 236 g/mol. The fourth-order valence-corrected chi connectivity index (χ4v) is 1.33. The number of aliphatic carboxylic acids is 1. The molecule has 18 heavy (non-hydrogen) atoms. The quantitative estimate of drug-likeness (QED) is 0.773. The highest BCUT2D eigenvalue weighted by molar-refractivity contribution is 5.95. The van der Waals surface area contributed by atoms with Crippen LogP contribution in [0, 0.1) is 0 Å². The summed E-state index contributed by atoms with van der Waals surface area (Å²) in [5, 5.41) is 12.0. The molecule has 0 aromatic carbocycles. The van der Waals surface area contributed by atoms with Crippen LogP contribution in [0.25, 0.3) is 0 Å². The number of nitrogens with one attached hydrogen (secondary N) is 1. The summed E-state index contributed by atoms with van der Waals surface area (Å²) in [6.45, 7) is 3.27. The molecule has 1 rings (SSSR count). The summed E-state index contributed by atoms with van der Waals surface area (Å²) in [6.07, 6.45) is 1.83. The van der Waals surface area contributed by atoms with Gasteiger partial charge in [-0.2, -0.15) is 0 Å². The largest absolute Gasteiger partial charge is 0.480 e. The Bertz CT molecular complexity index is 461. The van der Waals surface area contributed by atoms with Crippen LogP contribution in [0.3, 0.4) is 0 Å². The van der Waals surface area contributed by atoms with Gasteiger partial charge in [0.1, 0.15) is 16.9 Å². The second-order valence-corrected chi connectivity index (χ2v) is 4.01. The Kier molecular flexibility index (Phi) is 4.25. The lowest BCUT2D eigenvalue weighted by Gasteiger charge is -2.25. The molecule has 0 fully saturated rings. The number of carboxylic acid groups (broad SMARTS) is 1. The van der Waals surface area contributed by atoms with E-state index in [1.807, 2.05) is 0 Å². The monoisotopic (exact) mass is 252 g/mol. The number of carboxylic acids is 1. The number of pyridine rings is 1. The van der Waals surface area contributed by atoms with Crippen LogP contribution < -0.4 is 5.32 Å². The number of hydrogen-bond acceptors (Lipinski definition) is 5. The molecule has 98 valence electrons. The van der Waals surface area contributed by atoms with E-state index < -0.39 is 17.5 Å².